The third kappa shape index (κ3) is 13.4. The van der Waals surface area contributed by atoms with Crippen molar-refractivity contribution in [3.05, 3.63) is 190 Å². The summed E-state index contributed by atoms with van der Waals surface area (Å²) in [6.45, 7) is 10.3. The third-order valence-electron chi connectivity index (χ3n) is 16.6. The first-order valence-electron chi connectivity index (χ1n) is 29.2. The number of pyridine rings is 4. The molecule has 4 aliphatic rings. The van der Waals surface area contributed by atoms with Gasteiger partial charge >= 0.3 is 5.97 Å². The van der Waals surface area contributed by atoms with Gasteiger partial charge in [-0.05, 0) is 183 Å². The Balaban J connectivity index is 0.000000163. The summed E-state index contributed by atoms with van der Waals surface area (Å²) in [7, 11) is 0. The molecule has 20 heteroatoms. The number of hydrogen-bond donors (Lipinski definition) is 6. The molecule has 0 bridgehead atoms. The summed E-state index contributed by atoms with van der Waals surface area (Å²) >= 11 is 0. The molecule has 460 valence electrons. The van der Waals surface area contributed by atoms with E-state index in [0.29, 0.717) is 62.1 Å². The van der Waals surface area contributed by atoms with Crippen LogP contribution in [0.1, 0.15) is 121 Å². The Bertz CT molecular complexity index is 4040. The summed E-state index contributed by atoms with van der Waals surface area (Å²) in [4.78, 5) is 67.1. The normalized spacial score (nSPS) is 18.4. The standard InChI is InChI=1S/C35H34FN3O5.C18H20FN3O3.C16H15NO3/c1-20-25(5-4-16-38-20)26-17-22(8-13-29(26)44-24-11-12-24)28(40)14-15-35(3,42)30-18-27-32(43-19-34(27,2)33(37)41)31(39-30)21-6-9-23(36)10-7-21;1-17(16(21)23)9-25-15-12(17)7-13(18(2,24)8-20)22-14(15)10-3-5-11(19)6-4-10;1-10-13(3-2-8-17-10)14-9-11(16(18)19)4-7-15(14)20-12-5-6-12/h4-10,13,16-18,24,42H,11-12,14-15,19H2,1-3H3,(H2,37,41);3-7,24H,8-9,20H2,1-2H3,(H2,21,23);2-4,7-9,12H,5-6H2,1H3,(H,18,19)/t34-,35-;17-,18-;/m00./s1. The Morgan fingerprint density at radius 3 is 1.42 bits per heavy atom. The molecule has 0 spiro atoms. The summed E-state index contributed by atoms with van der Waals surface area (Å²) < 4.78 is 50.6. The van der Waals surface area contributed by atoms with E-state index in [1.54, 1.807) is 93.8 Å². The van der Waals surface area contributed by atoms with Crippen LogP contribution in [0.3, 0.4) is 0 Å². The number of aryl methyl sites for hydroxylation is 2. The van der Waals surface area contributed by atoms with Crippen molar-refractivity contribution in [2.24, 2.45) is 17.2 Å². The van der Waals surface area contributed by atoms with Crippen LogP contribution in [0, 0.1) is 25.5 Å². The number of benzene rings is 4. The number of aromatic carboxylic acids is 1. The van der Waals surface area contributed by atoms with Crippen molar-refractivity contribution in [2.45, 2.75) is 114 Å². The number of primary amides is 2. The van der Waals surface area contributed by atoms with Gasteiger partial charge in [0, 0.05) is 86.8 Å². The minimum atomic E-state index is -1.56. The fraction of sp³-hybridized carbons (Fsp3) is 0.304. The Kier molecular flexibility index (Phi) is 17.5. The van der Waals surface area contributed by atoms with Crippen molar-refractivity contribution in [1.29, 1.82) is 0 Å². The van der Waals surface area contributed by atoms with E-state index in [2.05, 4.69) is 15.0 Å². The number of amides is 2. The summed E-state index contributed by atoms with van der Waals surface area (Å²) in [6.07, 6.45) is 8.11. The fourth-order valence-corrected chi connectivity index (χ4v) is 10.3. The Morgan fingerprint density at radius 2 is 1.02 bits per heavy atom. The van der Waals surface area contributed by atoms with Crippen LogP contribution >= 0.6 is 0 Å². The number of carbonyl (C=O) groups excluding carboxylic acids is 3. The number of carboxylic acid groups (broad SMARTS) is 1. The van der Waals surface area contributed by atoms with Crippen LogP contribution in [0.25, 0.3) is 44.8 Å². The first-order valence-corrected chi connectivity index (χ1v) is 29.2. The Hall–Kier alpha value is -9.50. The molecule has 12 rings (SSSR count). The first-order chi connectivity index (χ1) is 42.3. The maximum atomic E-state index is 13.7. The number of ketones is 1. The smallest absolute Gasteiger partial charge is 0.335 e. The second-order valence-electron chi connectivity index (χ2n) is 23.8. The number of aromatic nitrogens is 4. The molecule has 6 heterocycles. The van der Waals surface area contributed by atoms with E-state index in [9.17, 15) is 38.2 Å². The van der Waals surface area contributed by atoms with Gasteiger partial charge in [0.2, 0.25) is 11.8 Å². The molecule has 89 heavy (non-hydrogen) atoms. The summed E-state index contributed by atoms with van der Waals surface area (Å²) in [5.74, 6) is -0.803. The van der Waals surface area contributed by atoms with Gasteiger partial charge in [-0.3, -0.25) is 24.4 Å². The average Bonchev–Trinajstić information content (AvgIpc) is 1.72. The number of fused-ring (bicyclic) bond motifs is 2. The highest BCUT2D eigenvalue weighted by molar-refractivity contribution is 5.98. The van der Waals surface area contributed by atoms with Gasteiger partial charge in [-0.25, -0.2) is 23.5 Å². The number of carbonyl (C=O) groups is 4. The molecule has 4 atom stereocenters. The number of nitrogens with two attached hydrogens (primary N) is 3. The minimum Gasteiger partial charge on any atom is -0.490 e. The summed E-state index contributed by atoms with van der Waals surface area (Å²) in [5, 5.41) is 31.4. The van der Waals surface area contributed by atoms with Crippen LogP contribution < -0.4 is 36.1 Å². The predicted molar refractivity (Wildman–Crippen MR) is 328 cm³/mol. The van der Waals surface area contributed by atoms with Crippen molar-refractivity contribution in [3.8, 4) is 67.8 Å². The number of nitrogens with zero attached hydrogens (tertiary/aromatic N) is 4. The van der Waals surface area contributed by atoms with Crippen LogP contribution in [0.15, 0.2) is 134 Å². The maximum absolute atomic E-state index is 13.7. The van der Waals surface area contributed by atoms with Gasteiger partial charge in [-0.2, -0.15) is 0 Å². The molecule has 4 aromatic carbocycles. The second kappa shape index (κ2) is 24.9. The van der Waals surface area contributed by atoms with Gasteiger partial charge in [0.1, 0.15) is 81.3 Å². The first kappa shape index (κ1) is 62.5. The van der Waals surface area contributed by atoms with E-state index in [1.807, 2.05) is 50.2 Å². The number of rotatable bonds is 18. The highest BCUT2D eigenvalue weighted by atomic mass is 19.1. The lowest BCUT2D eigenvalue weighted by molar-refractivity contribution is -0.124. The number of halogens is 2. The molecule has 0 radical (unpaired) electrons. The van der Waals surface area contributed by atoms with Gasteiger partial charge in [0.05, 0.1) is 29.2 Å². The molecule has 2 amide bonds. The monoisotopic (exact) mass is 1210 g/mol. The quantitative estimate of drug-likeness (QED) is 0.0435. The minimum absolute atomic E-state index is 0.0107. The van der Waals surface area contributed by atoms with Crippen molar-refractivity contribution in [1.82, 2.24) is 19.9 Å². The lowest BCUT2D eigenvalue weighted by Crippen LogP contribution is -2.40. The molecule has 2 aliphatic heterocycles. The molecule has 8 aromatic rings. The zero-order valence-electron chi connectivity index (χ0n) is 50.1. The van der Waals surface area contributed by atoms with Crippen LogP contribution in [-0.2, 0) is 31.6 Å². The molecular weight excluding hydrogens is 1140 g/mol. The molecule has 2 aliphatic carbocycles. The Morgan fingerprint density at radius 1 is 0.607 bits per heavy atom. The van der Waals surface area contributed by atoms with E-state index in [-0.39, 0.29) is 67.7 Å². The summed E-state index contributed by atoms with van der Waals surface area (Å²) in [5.41, 5.74) is 21.2. The molecule has 9 N–H and O–H groups in total. The van der Waals surface area contributed by atoms with Crippen LogP contribution in [0.4, 0.5) is 8.78 Å². The van der Waals surface area contributed by atoms with Crippen molar-refractivity contribution in [3.63, 3.8) is 0 Å². The zero-order chi connectivity index (χ0) is 63.7. The second-order valence-corrected chi connectivity index (χ2v) is 23.8. The van der Waals surface area contributed by atoms with Gasteiger partial charge in [-0.15, -0.1) is 0 Å². The highest BCUT2D eigenvalue weighted by Crippen LogP contribution is 2.48. The highest BCUT2D eigenvalue weighted by Gasteiger charge is 2.46. The van der Waals surface area contributed by atoms with Crippen LogP contribution in [0.5, 0.6) is 23.0 Å². The molecule has 0 saturated heterocycles. The predicted octanol–water partition coefficient (Wildman–Crippen LogP) is 10.3. The SMILES string of the molecule is C[C@](O)(CN)c1cc2c(c(-c3ccc(F)cc3)n1)OC[C@]2(C)C(N)=O.Cc1ncccc1-c1cc(C(=O)CC[C@](C)(O)c2cc3c(c(-c4ccc(F)cc4)n2)OC[C@]3(C)C(N)=O)ccc1OC1CC1.Cc1ncccc1-c1cc(C(=O)O)ccc1OC1CC1. The lowest BCUT2D eigenvalue weighted by Gasteiger charge is -2.26. The van der Waals surface area contributed by atoms with Gasteiger partial charge < -0.3 is 51.5 Å². The van der Waals surface area contributed by atoms with E-state index >= 15 is 0 Å². The Labute approximate surface area is 513 Å². The topological polar surface area (TPSA) is 296 Å². The number of aliphatic hydroxyl groups is 2. The zero-order valence-corrected chi connectivity index (χ0v) is 50.1. The third-order valence-corrected chi connectivity index (χ3v) is 16.6. The molecule has 2 fully saturated rings. The van der Waals surface area contributed by atoms with E-state index in [0.717, 1.165) is 65.1 Å². The summed E-state index contributed by atoms with van der Waals surface area (Å²) in [6, 6.07) is 32.6. The van der Waals surface area contributed by atoms with Crippen LogP contribution in [-0.4, -0.2) is 90.8 Å². The molecular formula is C69H69F2N7O11. The fourth-order valence-electron chi connectivity index (χ4n) is 10.3. The molecule has 0 unspecified atom stereocenters. The van der Waals surface area contributed by atoms with E-state index in [4.69, 9.17) is 46.2 Å². The number of Topliss-reactive ketones (excluding diaryl/α,β-unsaturated/α-hetero) is 1. The molecule has 4 aromatic heterocycles. The average molecular weight is 1210 g/mol. The van der Waals surface area contributed by atoms with E-state index < -0.39 is 45.6 Å². The van der Waals surface area contributed by atoms with E-state index in [1.165, 1.54) is 31.2 Å². The molecule has 2 saturated carbocycles. The van der Waals surface area contributed by atoms with Crippen LogP contribution in [0.2, 0.25) is 0 Å². The number of ether oxygens (including phenoxy) is 4. The van der Waals surface area contributed by atoms with Gasteiger partial charge in [0.25, 0.3) is 0 Å². The van der Waals surface area contributed by atoms with Crippen molar-refractivity contribution < 1.29 is 62.2 Å². The van der Waals surface area contributed by atoms with Gasteiger partial charge in [0.15, 0.2) is 5.78 Å². The maximum Gasteiger partial charge on any atom is 0.335 e. The number of hydrogen-bond acceptors (Lipinski definition) is 15. The van der Waals surface area contributed by atoms with Gasteiger partial charge in [-0.1, -0.05) is 12.1 Å². The lowest BCUT2D eigenvalue weighted by atomic mass is 9.81. The van der Waals surface area contributed by atoms with Crippen molar-refractivity contribution in [2.75, 3.05) is 19.8 Å². The molecule has 18 nitrogen and oxygen atoms in total. The number of carboxylic acids is 1. The van der Waals surface area contributed by atoms with Crippen molar-refractivity contribution >= 4 is 23.6 Å². The largest absolute Gasteiger partial charge is 0.490 e.